The van der Waals surface area contributed by atoms with Gasteiger partial charge in [0.1, 0.15) is 0 Å². The molecule has 0 unspecified atom stereocenters. The van der Waals surface area contributed by atoms with Crippen LogP contribution < -0.4 is 0 Å². The van der Waals surface area contributed by atoms with Crippen LogP contribution in [0.5, 0.6) is 0 Å². The molecule has 0 spiro atoms. The van der Waals surface area contributed by atoms with E-state index in [1.807, 2.05) is 0 Å². The van der Waals surface area contributed by atoms with Crippen molar-refractivity contribution in [3.8, 4) is 0 Å². The second kappa shape index (κ2) is 2.67. The maximum absolute atomic E-state index is 9.20. The summed E-state index contributed by atoms with van der Waals surface area (Å²) in [4.78, 5) is 0. The lowest BCUT2D eigenvalue weighted by molar-refractivity contribution is 0.0906. The first-order chi connectivity index (χ1) is 4.24. The van der Waals surface area contributed by atoms with Gasteiger partial charge in [-0.25, -0.2) is 0 Å². The van der Waals surface area contributed by atoms with Crippen molar-refractivity contribution in [3.63, 3.8) is 0 Å². The van der Waals surface area contributed by atoms with E-state index in [-0.39, 0.29) is 18.6 Å². The average molecular weight is 130 g/mol. The van der Waals surface area contributed by atoms with Gasteiger partial charge >= 0.3 is 0 Å². The molecule has 9 heavy (non-hydrogen) atoms. The SMILES string of the molecule is C[C@@H]1C[C@@H](CO)[C@@H](O)C1. The molecule has 1 rings (SSSR count). The Morgan fingerprint density at radius 3 is 2.33 bits per heavy atom. The average Bonchev–Trinajstić information content (AvgIpc) is 2.10. The fraction of sp³-hybridized carbons (Fsp3) is 1.00. The van der Waals surface area contributed by atoms with Gasteiger partial charge in [0.25, 0.3) is 0 Å². The van der Waals surface area contributed by atoms with Crippen LogP contribution in [-0.4, -0.2) is 22.9 Å². The molecule has 0 aromatic heterocycles. The summed E-state index contributed by atoms with van der Waals surface area (Å²) in [5, 5.41) is 17.9. The van der Waals surface area contributed by atoms with E-state index in [1.165, 1.54) is 0 Å². The highest BCUT2D eigenvalue weighted by Crippen LogP contribution is 2.29. The zero-order valence-corrected chi connectivity index (χ0v) is 5.75. The lowest BCUT2D eigenvalue weighted by Gasteiger charge is -2.08. The lowest BCUT2D eigenvalue weighted by atomic mass is 10.1. The fourth-order valence-corrected chi connectivity index (χ4v) is 1.57. The van der Waals surface area contributed by atoms with Gasteiger partial charge in [-0.15, -0.1) is 0 Å². The van der Waals surface area contributed by atoms with Gasteiger partial charge in [0.05, 0.1) is 6.10 Å². The van der Waals surface area contributed by atoms with Crippen LogP contribution in [0.2, 0.25) is 0 Å². The summed E-state index contributed by atoms with van der Waals surface area (Å²) in [6, 6.07) is 0. The van der Waals surface area contributed by atoms with Crippen LogP contribution in [0.15, 0.2) is 0 Å². The first-order valence-corrected chi connectivity index (χ1v) is 3.53. The van der Waals surface area contributed by atoms with Crippen LogP contribution in [0.3, 0.4) is 0 Å². The van der Waals surface area contributed by atoms with Crippen LogP contribution in [-0.2, 0) is 0 Å². The van der Waals surface area contributed by atoms with E-state index in [9.17, 15) is 5.11 Å². The maximum Gasteiger partial charge on any atom is 0.0592 e. The van der Waals surface area contributed by atoms with Crippen LogP contribution in [0, 0.1) is 11.8 Å². The summed E-state index contributed by atoms with van der Waals surface area (Å²) in [6.07, 6.45) is 1.60. The zero-order valence-electron chi connectivity index (χ0n) is 5.75. The van der Waals surface area contributed by atoms with Gasteiger partial charge in [-0.05, 0) is 18.8 Å². The molecule has 0 bridgehead atoms. The summed E-state index contributed by atoms with van der Waals surface area (Å²) < 4.78 is 0. The second-order valence-electron chi connectivity index (χ2n) is 3.09. The number of rotatable bonds is 1. The Labute approximate surface area is 55.5 Å². The number of aliphatic hydroxyl groups excluding tert-OH is 2. The number of hydrogen-bond donors (Lipinski definition) is 2. The highest BCUT2D eigenvalue weighted by molar-refractivity contribution is 4.79. The van der Waals surface area contributed by atoms with E-state index < -0.39 is 0 Å². The summed E-state index contributed by atoms with van der Waals surface area (Å²) in [6.45, 7) is 2.25. The summed E-state index contributed by atoms with van der Waals surface area (Å²) in [5.41, 5.74) is 0. The zero-order chi connectivity index (χ0) is 6.85. The van der Waals surface area contributed by atoms with E-state index in [2.05, 4.69) is 6.92 Å². The van der Waals surface area contributed by atoms with Crippen molar-refractivity contribution in [2.75, 3.05) is 6.61 Å². The molecule has 0 aliphatic heterocycles. The van der Waals surface area contributed by atoms with Gasteiger partial charge in [-0.3, -0.25) is 0 Å². The first-order valence-electron chi connectivity index (χ1n) is 3.53. The molecule has 0 saturated heterocycles. The third kappa shape index (κ3) is 1.43. The Balaban J connectivity index is 2.38. The summed E-state index contributed by atoms with van der Waals surface area (Å²) >= 11 is 0. The molecule has 0 radical (unpaired) electrons. The number of aliphatic hydroxyl groups is 2. The molecule has 1 fully saturated rings. The topological polar surface area (TPSA) is 40.5 Å². The summed E-state index contributed by atoms with van der Waals surface area (Å²) in [7, 11) is 0. The Morgan fingerprint density at radius 2 is 2.11 bits per heavy atom. The van der Waals surface area contributed by atoms with Crippen molar-refractivity contribution in [2.45, 2.75) is 25.9 Å². The smallest absolute Gasteiger partial charge is 0.0592 e. The molecule has 1 aliphatic carbocycles. The van der Waals surface area contributed by atoms with Crippen molar-refractivity contribution in [2.24, 2.45) is 11.8 Å². The van der Waals surface area contributed by atoms with Gasteiger partial charge in [0.2, 0.25) is 0 Å². The van der Waals surface area contributed by atoms with Crippen molar-refractivity contribution in [3.05, 3.63) is 0 Å². The molecule has 1 saturated carbocycles. The Morgan fingerprint density at radius 1 is 1.44 bits per heavy atom. The summed E-state index contributed by atoms with van der Waals surface area (Å²) in [5.74, 6) is 0.747. The second-order valence-corrected chi connectivity index (χ2v) is 3.09. The Bertz CT molecular complexity index is 92.9. The molecule has 0 heterocycles. The molecule has 0 aromatic rings. The fourth-order valence-electron chi connectivity index (χ4n) is 1.57. The van der Waals surface area contributed by atoms with Gasteiger partial charge < -0.3 is 10.2 Å². The van der Waals surface area contributed by atoms with Crippen molar-refractivity contribution in [1.82, 2.24) is 0 Å². The Hall–Kier alpha value is -0.0800. The van der Waals surface area contributed by atoms with Gasteiger partial charge in [0, 0.05) is 12.5 Å². The van der Waals surface area contributed by atoms with Gasteiger partial charge in [-0.1, -0.05) is 6.92 Å². The van der Waals surface area contributed by atoms with Crippen LogP contribution >= 0.6 is 0 Å². The van der Waals surface area contributed by atoms with E-state index in [0.717, 1.165) is 12.8 Å². The predicted octanol–water partition coefficient (Wildman–Crippen LogP) is 0.386. The molecule has 2 nitrogen and oxygen atoms in total. The minimum Gasteiger partial charge on any atom is -0.396 e. The molecule has 1 aliphatic rings. The lowest BCUT2D eigenvalue weighted by Crippen LogP contribution is -2.16. The van der Waals surface area contributed by atoms with E-state index in [4.69, 9.17) is 5.11 Å². The molecule has 2 heteroatoms. The van der Waals surface area contributed by atoms with Crippen molar-refractivity contribution < 1.29 is 10.2 Å². The third-order valence-corrected chi connectivity index (χ3v) is 2.13. The Kier molecular flexibility index (Phi) is 2.09. The molecule has 54 valence electrons. The van der Waals surface area contributed by atoms with Crippen LogP contribution in [0.1, 0.15) is 19.8 Å². The predicted molar refractivity (Wildman–Crippen MR) is 35.0 cm³/mol. The molecular formula is C7H14O2. The highest BCUT2D eigenvalue weighted by atomic mass is 16.3. The quantitative estimate of drug-likeness (QED) is 0.539. The number of hydrogen-bond acceptors (Lipinski definition) is 2. The van der Waals surface area contributed by atoms with Crippen LogP contribution in [0.4, 0.5) is 0 Å². The third-order valence-electron chi connectivity index (χ3n) is 2.13. The standard InChI is InChI=1S/C7H14O2/c1-5-2-6(4-8)7(9)3-5/h5-9H,2-4H2,1H3/t5-,6+,7+/m1/s1. The van der Waals surface area contributed by atoms with Gasteiger partial charge in [-0.2, -0.15) is 0 Å². The monoisotopic (exact) mass is 130 g/mol. The first kappa shape index (κ1) is 7.03. The van der Waals surface area contributed by atoms with E-state index in [1.54, 1.807) is 0 Å². The maximum atomic E-state index is 9.20. The van der Waals surface area contributed by atoms with Crippen LogP contribution in [0.25, 0.3) is 0 Å². The molecule has 0 amide bonds. The minimum absolute atomic E-state index is 0.144. The molecule has 0 aromatic carbocycles. The largest absolute Gasteiger partial charge is 0.396 e. The normalized spacial score (nSPS) is 43.7. The minimum atomic E-state index is -0.245. The molecule has 3 atom stereocenters. The van der Waals surface area contributed by atoms with E-state index >= 15 is 0 Å². The highest BCUT2D eigenvalue weighted by Gasteiger charge is 2.29. The van der Waals surface area contributed by atoms with Crippen molar-refractivity contribution >= 4 is 0 Å². The van der Waals surface area contributed by atoms with Gasteiger partial charge in [0.15, 0.2) is 0 Å². The molecular weight excluding hydrogens is 116 g/mol. The van der Waals surface area contributed by atoms with Crippen molar-refractivity contribution in [1.29, 1.82) is 0 Å². The molecule has 2 N–H and O–H groups in total. The van der Waals surface area contributed by atoms with E-state index in [0.29, 0.717) is 5.92 Å².